The molecule has 1 atom stereocenters. The summed E-state index contributed by atoms with van der Waals surface area (Å²) in [5.41, 5.74) is 2.15. The van der Waals surface area contributed by atoms with E-state index in [-0.39, 0.29) is 11.9 Å². The van der Waals surface area contributed by atoms with Gasteiger partial charge in [0.25, 0.3) is 0 Å². The van der Waals surface area contributed by atoms with Crippen LogP contribution in [-0.2, 0) is 4.79 Å². The van der Waals surface area contributed by atoms with E-state index < -0.39 is 0 Å². The second-order valence-electron chi connectivity index (χ2n) is 6.34. The van der Waals surface area contributed by atoms with Crippen molar-refractivity contribution in [3.63, 3.8) is 0 Å². The molecule has 2 aliphatic heterocycles. The number of fused-ring (bicyclic) bond motifs is 1. The summed E-state index contributed by atoms with van der Waals surface area (Å²) in [6.07, 6.45) is 5.54. The fourth-order valence-electron chi connectivity index (χ4n) is 3.47. The van der Waals surface area contributed by atoms with Crippen LogP contribution in [0.3, 0.4) is 0 Å². The number of benzene rings is 2. The number of hydrogen-bond donors (Lipinski definition) is 0. The van der Waals surface area contributed by atoms with Crippen LogP contribution < -0.4 is 9.47 Å². The summed E-state index contributed by atoms with van der Waals surface area (Å²) in [6, 6.07) is 16.0. The molecule has 2 aliphatic rings. The first-order valence-corrected chi connectivity index (χ1v) is 8.74. The van der Waals surface area contributed by atoms with Crippen molar-refractivity contribution in [2.75, 3.05) is 19.8 Å². The van der Waals surface area contributed by atoms with E-state index in [1.807, 2.05) is 59.5 Å². The molecule has 1 fully saturated rings. The molecule has 1 saturated heterocycles. The Labute approximate surface area is 147 Å². The number of carbonyl (C=O) groups excluding carboxylic acids is 1. The van der Waals surface area contributed by atoms with Crippen molar-refractivity contribution in [3.8, 4) is 11.5 Å². The van der Waals surface area contributed by atoms with Gasteiger partial charge in [-0.1, -0.05) is 36.4 Å². The number of carbonyl (C=O) groups is 1. The summed E-state index contributed by atoms with van der Waals surface area (Å²) in [5.74, 6) is 1.62. The molecular weight excluding hydrogens is 314 g/mol. The Hall–Kier alpha value is -2.75. The Bertz CT molecular complexity index is 785. The Morgan fingerprint density at radius 3 is 2.68 bits per heavy atom. The van der Waals surface area contributed by atoms with Gasteiger partial charge in [-0.15, -0.1) is 0 Å². The summed E-state index contributed by atoms with van der Waals surface area (Å²) in [5, 5.41) is 0. The van der Waals surface area contributed by atoms with Gasteiger partial charge in [0.1, 0.15) is 13.2 Å². The summed E-state index contributed by atoms with van der Waals surface area (Å²) in [4.78, 5) is 14.6. The number of hydrogen-bond acceptors (Lipinski definition) is 3. The number of rotatable bonds is 3. The lowest BCUT2D eigenvalue weighted by atomic mass is 10.0. The van der Waals surface area contributed by atoms with Crippen molar-refractivity contribution in [2.24, 2.45) is 0 Å². The van der Waals surface area contributed by atoms with Gasteiger partial charge < -0.3 is 14.4 Å². The van der Waals surface area contributed by atoms with E-state index in [4.69, 9.17) is 9.47 Å². The van der Waals surface area contributed by atoms with Crippen LogP contribution in [0.5, 0.6) is 11.5 Å². The van der Waals surface area contributed by atoms with Crippen molar-refractivity contribution in [1.29, 1.82) is 0 Å². The molecule has 25 heavy (non-hydrogen) atoms. The summed E-state index contributed by atoms with van der Waals surface area (Å²) >= 11 is 0. The van der Waals surface area contributed by atoms with E-state index in [9.17, 15) is 4.79 Å². The zero-order chi connectivity index (χ0) is 17.1. The van der Waals surface area contributed by atoms with Crippen LogP contribution >= 0.6 is 0 Å². The highest BCUT2D eigenvalue weighted by molar-refractivity contribution is 5.92. The Morgan fingerprint density at radius 2 is 1.84 bits per heavy atom. The number of likely N-dealkylation sites (tertiary alicyclic amines) is 1. The highest BCUT2D eigenvalue weighted by Crippen LogP contribution is 2.38. The van der Waals surface area contributed by atoms with Crippen molar-refractivity contribution in [3.05, 3.63) is 65.7 Å². The van der Waals surface area contributed by atoms with Gasteiger partial charge in [-0.3, -0.25) is 4.79 Å². The van der Waals surface area contributed by atoms with Gasteiger partial charge in [0, 0.05) is 12.6 Å². The third kappa shape index (κ3) is 3.38. The van der Waals surface area contributed by atoms with Gasteiger partial charge in [-0.25, -0.2) is 0 Å². The highest BCUT2D eigenvalue weighted by atomic mass is 16.6. The third-order valence-electron chi connectivity index (χ3n) is 4.70. The largest absolute Gasteiger partial charge is 0.486 e. The quantitative estimate of drug-likeness (QED) is 0.800. The molecule has 0 saturated carbocycles. The maximum Gasteiger partial charge on any atom is 0.247 e. The van der Waals surface area contributed by atoms with E-state index >= 15 is 0 Å². The number of amides is 1. The van der Waals surface area contributed by atoms with Crippen LogP contribution in [-0.4, -0.2) is 30.6 Å². The predicted molar refractivity (Wildman–Crippen MR) is 96.6 cm³/mol. The monoisotopic (exact) mass is 335 g/mol. The van der Waals surface area contributed by atoms with Gasteiger partial charge in [0.15, 0.2) is 11.5 Å². The maximum absolute atomic E-state index is 12.7. The summed E-state index contributed by atoms with van der Waals surface area (Å²) < 4.78 is 11.3. The SMILES string of the molecule is O=C(C=Cc1ccccc1)N1CCCC1c1ccc2c(c1)OCCO2. The molecule has 4 rings (SSSR count). The molecule has 2 aromatic rings. The molecule has 1 amide bonds. The Kier molecular flexibility index (Phi) is 4.42. The summed E-state index contributed by atoms with van der Waals surface area (Å²) in [6.45, 7) is 1.95. The molecule has 2 heterocycles. The lowest BCUT2D eigenvalue weighted by Crippen LogP contribution is -2.29. The standard InChI is InChI=1S/C21H21NO3/c23-21(11-8-16-5-2-1-3-6-16)22-12-4-7-18(22)17-9-10-19-20(15-17)25-14-13-24-19/h1-3,5-6,8-11,15,18H,4,7,12-14H2. The fourth-order valence-corrected chi connectivity index (χ4v) is 3.47. The molecule has 0 bridgehead atoms. The smallest absolute Gasteiger partial charge is 0.247 e. The van der Waals surface area contributed by atoms with E-state index in [0.29, 0.717) is 13.2 Å². The van der Waals surface area contributed by atoms with Gasteiger partial charge >= 0.3 is 0 Å². The van der Waals surface area contributed by atoms with Gasteiger partial charge in [0.2, 0.25) is 5.91 Å². The molecule has 4 nitrogen and oxygen atoms in total. The first-order valence-electron chi connectivity index (χ1n) is 8.74. The van der Waals surface area contributed by atoms with E-state index in [0.717, 1.165) is 42.0 Å². The van der Waals surface area contributed by atoms with Crippen LogP contribution in [0.2, 0.25) is 0 Å². The van der Waals surface area contributed by atoms with Crippen molar-refractivity contribution in [2.45, 2.75) is 18.9 Å². The molecule has 0 N–H and O–H groups in total. The molecule has 0 spiro atoms. The third-order valence-corrected chi connectivity index (χ3v) is 4.70. The minimum atomic E-state index is 0.0567. The lowest BCUT2D eigenvalue weighted by Gasteiger charge is -2.26. The minimum absolute atomic E-state index is 0.0567. The first kappa shape index (κ1) is 15.8. The second-order valence-corrected chi connectivity index (χ2v) is 6.34. The normalized spacial score (nSPS) is 19.4. The zero-order valence-electron chi connectivity index (χ0n) is 14.1. The van der Waals surface area contributed by atoms with Gasteiger partial charge in [-0.05, 0) is 42.2 Å². The minimum Gasteiger partial charge on any atom is -0.486 e. The lowest BCUT2D eigenvalue weighted by molar-refractivity contribution is -0.126. The van der Waals surface area contributed by atoms with Gasteiger partial charge in [0.05, 0.1) is 6.04 Å². The summed E-state index contributed by atoms with van der Waals surface area (Å²) in [7, 11) is 0. The second kappa shape index (κ2) is 7.01. The topological polar surface area (TPSA) is 38.8 Å². The molecule has 4 heteroatoms. The van der Waals surface area contributed by atoms with Crippen LogP contribution in [0, 0.1) is 0 Å². The number of ether oxygens (including phenoxy) is 2. The molecule has 0 radical (unpaired) electrons. The van der Waals surface area contributed by atoms with Crippen LogP contribution in [0.15, 0.2) is 54.6 Å². The molecule has 128 valence electrons. The first-order chi connectivity index (χ1) is 12.3. The van der Waals surface area contributed by atoms with Crippen molar-refractivity contribution in [1.82, 2.24) is 4.90 Å². The van der Waals surface area contributed by atoms with Crippen LogP contribution in [0.4, 0.5) is 0 Å². The Morgan fingerprint density at radius 1 is 1.04 bits per heavy atom. The maximum atomic E-state index is 12.7. The van der Waals surface area contributed by atoms with E-state index in [2.05, 4.69) is 0 Å². The van der Waals surface area contributed by atoms with Crippen molar-refractivity contribution >= 4 is 12.0 Å². The molecular formula is C21H21NO3. The Balaban J connectivity index is 1.52. The molecule has 1 unspecified atom stereocenters. The number of nitrogens with zero attached hydrogens (tertiary/aromatic N) is 1. The average Bonchev–Trinajstić information content (AvgIpc) is 3.16. The molecule has 0 aromatic heterocycles. The highest BCUT2D eigenvalue weighted by Gasteiger charge is 2.29. The molecule has 0 aliphatic carbocycles. The van der Waals surface area contributed by atoms with Crippen LogP contribution in [0.25, 0.3) is 6.08 Å². The average molecular weight is 335 g/mol. The van der Waals surface area contributed by atoms with E-state index in [1.54, 1.807) is 6.08 Å². The predicted octanol–water partition coefficient (Wildman–Crippen LogP) is 3.83. The zero-order valence-corrected chi connectivity index (χ0v) is 14.1. The fraction of sp³-hybridized carbons (Fsp3) is 0.286. The van der Waals surface area contributed by atoms with Crippen molar-refractivity contribution < 1.29 is 14.3 Å². The van der Waals surface area contributed by atoms with Gasteiger partial charge in [-0.2, -0.15) is 0 Å². The van der Waals surface area contributed by atoms with Crippen LogP contribution in [0.1, 0.15) is 30.0 Å². The molecule has 2 aromatic carbocycles. The van der Waals surface area contributed by atoms with E-state index in [1.165, 1.54) is 0 Å².